The molecule has 6 heteroatoms. The summed E-state index contributed by atoms with van der Waals surface area (Å²) in [7, 11) is 0. The number of nitrogens with zero attached hydrogens (tertiary/aromatic N) is 1. The van der Waals surface area contributed by atoms with E-state index in [2.05, 4.69) is 5.43 Å². The molecule has 2 aromatic carbocycles. The van der Waals surface area contributed by atoms with E-state index in [4.69, 9.17) is 29.6 Å². The fourth-order valence-electron chi connectivity index (χ4n) is 1.82. The van der Waals surface area contributed by atoms with Gasteiger partial charge in [-0.2, -0.15) is 0 Å². The van der Waals surface area contributed by atoms with Crippen LogP contribution in [0.25, 0.3) is 0 Å². The van der Waals surface area contributed by atoms with E-state index in [0.29, 0.717) is 10.6 Å². The Bertz CT molecular complexity index is 673. The molecular weight excluding hydrogens is 306 g/mol. The van der Waals surface area contributed by atoms with E-state index >= 15 is 0 Å². The highest BCUT2D eigenvalue weighted by atomic mass is 35.5. The van der Waals surface area contributed by atoms with E-state index in [1.54, 1.807) is 24.3 Å². The van der Waals surface area contributed by atoms with Crippen molar-refractivity contribution in [2.75, 3.05) is 5.01 Å². The minimum absolute atomic E-state index is 0.0617. The maximum absolute atomic E-state index is 12.2. The van der Waals surface area contributed by atoms with Crippen molar-refractivity contribution in [1.82, 2.24) is 5.43 Å². The van der Waals surface area contributed by atoms with Crippen LogP contribution in [0.4, 0.5) is 5.69 Å². The van der Waals surface area contributed by atoms with Crippen molar-refractivity contribution in [3.63, 3.8) is 0 Å². The molecule has 3 N–H and O–H groups in total. The van der Waals surface area contributed by atoms with Crippen molar-refractivity contribution < 1.29 is 4.79 Å². The molecule has 0 atom stereocenters. The zero-order valence-corrected chi connectivity index (χ0v) is 12.9. The fourth-order valence-corrected chi connectivity index (χ4v) is 2.09. The van der Waals surface area contributed by atoms with Gasteiger partial charge in [0.15, 0.2) is 5.11 Å². The Labute approximate surface area is 133 Å². The lowest BCUT2D eigenvalue weighted by molar-refractivity contribution is 0.0955. The molecule has 0 aliphatic heterocycles. The maximum Gasteiger partial charge on any atom is 0.270 e. The first-order chi connectivity index (χ1) is 9.99. The average Bonchev–Trinajstić information content (AvgIpc) is 2.46. The maximum atomic E-state index is 12.2. The molecule has 0 unspecified atom stereocenters. The largest absolute Gasteiger partial charge is 0.374 e. The lowest BCUT2D eigenvalue weighted by atomic mass is 10.2. The molecule has 108 valence electrons. The number of amides is 1. The van der Waals surface area contributed by atoms with Crippen molar-refractivity contribution in [2.24, 2.45) is 5.73 Å². The molecule has 0 spiro atoms. The van der Waals surface area contributed by atoms with Crippen molar-refractivity contribution in [2.45, 2.75) is 6.92 Å². The third-order valence-electron chi connectivity index (χ3n) is 2.90. The molecule has 0 saturated heterocycles. The average molecular weight is 320 g/mol. The predicted octanol–water partition coefficient (Wildman–Crippen LogP) is 3.04. The number of hydrazine groups is 1. The summed E-state index contributed by atoms with van der Waals surface area (Å²) in [5, 5.41) is 2.02. The Morgan fingerprint density at radius 2 is 1.81 bits per heavy atom. The van der Waals surface area contributed by atoms with Crippen LogP contribution < -0.4 is 16.2 Å². The normalized spacial score (nSPS) is 10.0. The van der Waals surface area contributed by atoms with Crippen molar-refractivity contribution in [3.05, 3.63) is 64.7 Å². The first kappa shape index (κ1) is 15.3. The number of nitrogens with one attached hydrogen (secondary N) is 1. The van der Waals surface area contributed by atoms with Crippen LogP contribution in [0.1, 0.15) is 15.9 Å². The Hall–Kier alpha value is -2.11. The topological polar surface area (TPSA) is 58.4 Å². The third kappa shape index (κ3) is 3.71. The second kappa shape index (κ2) is 6.56. The smallest absolute Gasteiger partial charge is 0.270 e. The van der Waals surface area contributed by atoms with E-state index < -0.39 is 0 Å². The van der Waals surface area contributed by atoms with E-state index in [9.17, 15) is 4.79 Å². The van der Waals surface area contributed by atoms with Crippen LogP contribution >= 0.6 is 23.8 Å². The highest BCUT2D eigenvalue weighted by Crippen LogP contribution is 2.18. The van der Waals surface area contributed by atoms with Crippen molar-refractivity contribution >= 4 is 40.5 Å². The molecule has 0 aromatic heterocycles. The first-order valence-electron chi connectivity index (χ1n) is 6.21. The monoisotopic (exact) mass is 319 g/mol. The van der Waals surface area contributed by atoms with Gasteiger partial charge in [0.2, 0.25) is 0 Å². The minimum atomic E-state index is -0.317. The van der Waals surface area contributed by atoms with Gasteiger partial charge in [-0.05, 0) is 55.0 Å². The van der Waals surface area contributed by atoms with Gasteiger partial charge in [-0.1, -0.05) is 29.8 Å². The summed E-state index contributed by atoms with van der Waals surface area (Å²) in [6.07, 6.45) is 0. The van der Waals surface area contributed by atoms with E-state index in [0.717, 1.165) is 11.3 Å². The van der Waals surface area contributed by atoms with Crippen LogP contribution in [-0.2, 0) is 0 Å². The number of hydrogen-bond acceptors (Lipinski definition) is 2. The number of halogens is 1. The molecule has 1 amide bonds. The molecule has 0 saturated carbocycles. The molecule has 0 aliphatic carbocycles. The summed E-state index contributed by atoms with van der Waals surface area (Å²) in [6.45, 7) is 1.91. The van der Waals surface area contributed by atoms with Crippen LogP contribution in [0.5, 0.6) is 0 Å². The van der Waals surface area contributed by atoms with Crippen LogP contribution in [0, 0.1) is 6.92 Å². The number of carbonyl (C=O) groups excluding carboxylic acids is 1. The van der Waals surface area contributed by atoms with E-state index in [-0.39, 0.29) is 11.0 Å². The molecule has 0 aliphatic rings. The lowest BCUT2D eigenvalue weighted by Crippen LogP contribution is -2.49. The molecule has 0 radical (unpaired) electrons. The summed E-state index contributed by atoms with van der Waals surface area (Å²) in [4.78, 5) is 12.2. The number of thiocarbonyl (C=S) groups is 1. The zero-order chi connectivity index (χ0) is 15.4. The lowest BCUT2D eigenvalue weighted by Gasteiger charge is -2.25. The van der Waals surface area contributed by atoms with Crippen molar-refractivity contribution in [1.29, 1.82) is 0 Å². The molecular formula is C15H14ClN3OS. The molecule has 0 fully saturated rings. The molecule has 2 aromatic rings. The van der Waals surface area contributed by atoms with Gasteiger partial charge in [0.25, 0.3) is 5.91 Å². The number of hydrogen-bond donors (Lipinski definition) is 2. The van der Waals surface area contributed by atoms with Gasteiger partial charge < -0.3 is 5.73 Å². The highest BCUT2D eigenvalue weighted by Gasteiger charge is 2.15. The quantitative estimate of drug-likeness (QED) is 0.660. The van der Waals surface area contributed by atoms with Gasteiger partial charge in [-0.3, -0.25) is 10.2 Å². The van der Waals surface area contributed by atoms with Gasteiger partial charge in [0, 0.05) is 10.6 Å². The number of aryl methyl sites for hydroxylation is 1. The third-order valence-corrected chi connectivity index (χ3v) is 3.33. The molecule has 2 rings (SSSR count). The fraction of sp³-hybridized carbons (Fsp3) is 0.0667. The van der Waals surface area contributed by atoms with Crippen molar-refractivity contribution in [3.8, 4) is 0 Å². The summed E-state index contributed by atoms with van der Waals surface area (Å²) in [5.41, 5.74) is 10.5. The SMILES string of the molecule is Cc1ccccc1N(NC(=O)c1ccc(Cl)cc1)C(N)=S. The number of carbonyl (C=O) groups is 1. The highest BCUT2D eigenvalue weighted by molar-refractivity contribution is 7.80. The standard InChI is InChI=1S/C15H14ClN3OS/c1-10-4-2-3-5-13(10)19(15(17)21)18-14(20)11-6-8-12(16)9-7-11/h2-9H,1H3,(H2,17,21)(H,18,20). The number of rotatable bonds is 2. The van der Waals surface area contributed by atoms with Gasteiger partial charge in [-0.25, -0.2) is 5.01 Å². The van der Waals surface area contributed by atoms with Crippen LogP contribution in [0.15, 0.2) is 48.5 Å². The van der Waals surface area contributed by atoms with Gasteiger partial charge >= 0.3 is 0 Å². The minimum Gasteiger partial charge on any atom is -0.374 e. The summed E-state index contributed by atoms with van der Waals surface area (Å²) in [6, 6.07) is 14.1. The first-order valence-corrected chi connectivity index (χ1v) is 6.99. The van der Waals surface area contributed by atoms with Gasteiger partial charge in [0.05, 0.1) is 5.69 Å². The summed E-state index contributed by atoms with van der Waals surface area (Å²) in [5.74, 6) is -0.317. The molecule has 0 heterocycles. The Morgan fingerprint density at radius 1 is 1.19 bits per heavy atom. The van der Waals surface area contributed by atoms with Crippen LogP contribution in [-0.4, -0.2) is 11.0 Å². The Kier molecular flexibility index (Phi) is 4.77. The molecule has 4 nitrogen and oxygen atoms in total. The Balaban J connectivity index is 2.25. The number of benzene rings is 2. The number of nitrogens with two attached hydrogens (primary N) is 1. The summed E-state index contributed by atoms with van der Waals surface area (Å²) < 4.78 is 0. The molecule has 0 bridgehead atoms. The van der Waals surface area contributed by atoms with Gasteiger partial charge in [-0.15, -0.1) is 0 Å². The molecule has 21 heavy (non-hydrogen) atoms. The Morgan fingerprint density at radius 3 is 2.38 bits per heavy atom. The zero-order valence-electron chi connectivity index (χ0n) is 11.3. The number of para-hydroxylation sites is 1. The number of anilines is 1. The van der Waals surface area contributed by atoms with Crippen LogP contribution in [0.2, 0.25) is 5.02 Å². The second-order valence-corrected chi connectivity index (χ2v) is 5.26. The van der Waals surface area contributed by atoms with Gasteiger partial charge in [0.1, 0.15) is 0 Å². The second-order valence-electron chi connectivity index (χ2n) is 4.41. The van der Waals surface area contributed by atoms with E-state index in [1.807, 2.05) is 31.2 Å². The summed E-state index contributed by atoms with van der Waals surface area (Å²) >= 11 is 10.8. The van der Waals surface area contributed by atoms with E-state index in [1.165, 1.54) is 5.01 Å². The van der Waals surface area contributed by atoms with Crippen LogP contribution in [0.3, 0.4) is 0 Å². The predicted molar refractivity (Wildman–Crippen MR) is 89.4 cm³/mol.